The van der Waals surface area contributed by atoms with E-state index >= 15 is 0 Å². The maximum absolute atomic E-state index is 6.54. The predicted molar refractivity (Wildman–Crippen MR) is 99.1 cm³/mol. The van der Waals surface area contributed by atoms with Gasteiger partial charge in [-0.05, 0) is 38.7 Å². The monoisotopic (exact) mass is 372 g/mol. The molecule has 5 heteroatoms. The van der Waals surface area contributed by atoms with Gasteiger partial charge in [0.2, 0.25) is 0 Å². The van der Waals surface area contributed by atoms with Crippen molar-refractivity contribution in [3.8, 4) is 0 Å². The third-order valence-electron chi connectivity index (χ3n) is 6.18. The van der Waals surface area contributed by atoms with Crippen molar-refractivity contribution in [2.45, 2.75) is 75.7 Å². The van der Waals surface area contributed by atoms with Crippen molar-refractivity contribution in [1.29, 1.82) is 0 Å². The van der Waals surface area contributed by atoms with Crippen LogP contribution in [-0.2, 0) is 30.1 Å². The molecule has 146 valence electrons. The number of hydrogen-bond acceptors (Lipinski definition) is 5. The van der Waals surface area contributed by atoms with E-state index in [1.54, 1.807) is 0 Å². The highest BCUT2D eigenvalue weighted by atomic mass is 16.8. The number of hydrogen-bond donors (Lipinski definition) is 0. The zero-order chi connectivity index (χ0) is 18.6. The number of ether oxygens (including phenoxy) is 5. The molecule has 0 unspecified atom stereocenters. The standard InChI is InChI=1S/C22H28O5/c1-13-11-15(10-9-14-7-5-4-6-8-14)24-17-16(13)12-23-18-19(17)25-21-20(18)26-22(2,3)27-21/h4-8,15-21H,1,9-12H2,2-3H3/t15-,16-,17-,18-,19+,20+,21+/m0/s1. The zero-order valence-corrected chi connectivity index (χ0v) is 16.0. The third-order valence-corrected chi connectivity index (χ3v) is 6.18. The Morgan fingerprint density at radius 2 is 1.81 bits per heavy atom. The van der Waals surface area contributed by atoms with E-state index in [9.17, 15) is 0 Å². The number of benzene rings is 1. The van der Waals surface area contributed by atoms with Gasteiger partial charge in [-0.3, -0.25) is 0 Å². The second kappa shape index (κ2) is 6.68. The van der Waals surface area contributed by atoms with Gasteiger partial charge < -0.3 is 23.7 Å². The zero-order valence-electron chi connectivity index (χ0n) is 16.0. The van der Waals surface area contributed by atoms with Gasteiger partial charge in [0, 0.05) is 5.92 Å². The minimum atomic E-state index is -0.629. The van der Waals surface area contributed by atoms with Crippen molar-refractivity contribution >= 4 is 0 Å². The Bertz CT molecular complexity index is 702. The molecule has 0 N–H and O–H groups in total. The van der Waals surface area contributed by atoms with Crippen molar-refractivity contribution in [2.75, 3.05) is 6.61 Å². The molecule has 0 amide bonds. The first-order valence-corrected chi connectivity index (χ1v) is 10.00. The molecule has 0 radical (unpaired) electrons. The van der Waals surface area contributed by atoms with Gasteiger partial charge in [-0.1, -0.05) is 42.5 Å². The summed E-state index contributed by atoms with van der Waals surface area (Å²) in [5.41, 5.74) is 2.56. The largest absolute Gasteiger partial charge is 0.372 e. The van der Waals surface area contributed by atoms with Crippen LogP contribution in [0.2, 0.25) is 0 Å². The molecule has 0 bridgehead atoms. The van der Waals surface area contributed by atoms with Crippen LogP contribution in [0.1, 0.15) is 32.3 Å². The fourth-order valence-corrected chi connectivity index (χ4v) is 4.88. The van der Waals surface area contributed by atoms with E-state index in [1.807, 2.05) is 13.8 Å². The summed E-state index contributed by atoms with van der Waals surface area (Å²) in [6.07, 6.45) is 2.14. The summed E-state index contributed by atoms with van der Waals surface area (Å²) in [5.74, 6) is -0.443. The van der Waals surface area contributed by atoms with E-state index in [4.69, 9.17) is 23.7 Å². The second-order valence-corrected chi connectivity index (χ2v) is 8.58. The maximum atomic E-state index is 6.54. The fourth-order valence-electron chi connectivity index (χ4n) is 4.88. The van der Waals surface area contributed by atoms with Crippen LogP contribution in [0.4, 0.5) is 0 Å². The Balaban J connectivity index is 1.28. The topological polar surface area (TPSA) is 46.2 Å². The van der Waals surface area contributed by atoms with Gasteiger partial charge in [0.15, 0.2) is 12.1 Å². The average Bonchev–Trinajstić information content (AvgIpc) is 3.13. The molecule has 4 aliphatic rings. The Morgan fingerprint density at radius 3 is 2.63 bits per heavy atom. The molecule has 0 aliphatic carbocycles. The van der Waals surface area contributed by atoms with E-state index < -0.39 is 5.79 Å². The lowest BCUT2D eigenvalue weighted by Gasteiger charge is -2.46. The summed E-state index contributed by atoms with van der Waals surface area (Å²) in [6.45, 7) is 8.77. The summed E-state index contributed by atoms with van der Waals surface area (Å²) >= 11 is 0. The van der Waals surface area contributed by atoms with Crippen LogP contribution in [0.3, 0.4) is 0 Å². The molecule has 4 aliphatic heterocycles. The van der Waals surface area contributed by atoms with Crippen LogP contribution in [-0.4, -0.2) is 49.2 Å². The molecule has 7 atom stereocenters. The number of rotatable bonds is 3. The highest BCUT2D eigenvalue weighted by Gasteiger charge is 2.61. The van der Waals surface area contributed by atoms with Gasteiger partial charge in [-0.15, -0.1) is 0 Å². The Hall–Kier alpha value is -1.24. The van der Waals surface area contributed by atoms with Gasteiger partial charge in [-0.2, -0.15) is 0 Å². The van der Waals surface area contributed by atoms with Crippen molar-refractivity contribution in [2.24, 2.45) is 5.92 Å². The van der Waals surface area contributed by atoms with E-state index in [1.165, 1.54) is 11.1 Å². The molecule has 27 heavy (non-hydrogen) atoms. The minimum absolute atomic E-state index is 0.0355. The molecular formula is C22H28O5. The van der Waals surface area contributed by atoms with E-state index in [0.29, 0.717) is 6.61 Å². The summed E-state index contributed by atoms with van der Waals surface area (Å²) < 4.78 is 30.8. The van der Waals surface area contributed by atoms with Crippen molar-refractivity contribution in [3.05, 3.63) is 48.0 Å². The Kier molecular flexibility index (Phi) is 4.41. The smallest absolute Gasteiger partial charge is 0.190 e. The van der Waals surface area contributed by atoms with Crippen molar-refractivity contribution in [1.82, 2.24) is 0 Å². The molecular weight excluding hydrogens is 344 g/mol. The van der Waals surface area contributed by atoms with E-state index in [0.717, 1.165) is 19.3 Å². The quantitative estimate of drug-likeness (QED) is 0.763. The molecule has 5 rings (SSSR count). The fraction of sp³-hybridized carbons (Fsp3) is 0.636. The molecule has 4 saturated heterocycles. The first-order valence-electron chi connectivity index (χ1n) is 10.00. The molecule has 5 nitrogen and oxygen atoms in total. The molecule has 4 heterocycles. The lowest BCUT2D eigenvalue weighted by atomic mass is 9.81. The van der Waals surface area contributed by atoms with Gasteiger partial charge in [0.25, 0.3) is 0 Å². The molecule has 0 spiro atoms. The lowest BCUT2D eigenvalue weighted by Crippen LogP contribution is -2.56. The first-order chi connectivity index (χ1) is 13.0. The van der Waals surface area contributed by atoms with Crippen LogP contribution >= 0.6 is 0 Å². The van der Waals surface area contributed by atoms with Gasteiger partial charge in [0.1, 0.15) is 18.3 Å². The van der Waals surface area contributed by atoms with Gasteiger partial charge >= 0.3 is 0 Å². The predicted octanol–water partition coefficient (Wildman–Crippen LogP) is 3.22. The number of aryl methyl sites for hydroxylation is 1. The molecule has 1 aromatic carbocycles. The van der Waals surface area contributed by atoms with Crippen LogP contribution in [0.25, 0.3) is 0 Å². The summed E-state index contributed by atoms with van der Waals surface area (Å²) in [6, 6.07) is 10.6. The van der Waals surface area contributed by atoms with Crippen molar-refractivity contribution < 1.29 is 23.7 Å². The van der Waals surface area contributed by atoms with Crippen LogP contribution in [0.5, 0.6) is 0 Å². The SMILES string of the molecule is C=C1C[C@H](CCc2ccccc2)O[C@@H]2[C@H]3O[C@@H]4OC(C)(C)O[C@@H]4[C@H]3OC[C@@H]12. The molecule has 0 saturated carbocycles. The van der Waals surface area contributed by atoms with Gasteiger partial charge in [0.05, 0.1) is 18.8 Å². The minimum Gasteiger partial charge on any atom is -0.372 e. The highest BCUT2D eigenvalue weighted by molar-refractivity contribution is 5.17. The third kappa shape index (κ3) is 3.26. The molecule has 0 aromatic heterocycles. The summed E-state index contributed by atoms with van der Waals surface area (Å²) in [4.78, 5) is 0. The molecule has 4 fully saturated rings. The Morgan fingerprint density at radius 1 is 1.00 bits per heavy atom. The molecule has 1 aromatic rings. The summed E-state index contributed by atoms with van der Waals surface area (Å²) in [5, 5.41) is 0. The Labute approximate surface area is 160 Å². The summed E-state index contributed by atoms with van der Waals surface area (Å²) in [7, 11) is 0. The second-order valence-electron chi connectivity index (χ2n) is 8.58. The first kappa shape index (κ1) is 17.8. The van der Waals surface area contributed by atoms with E-state index in [2.05, 4.69) is 36.9 Å². The normalized spacial score (nSPS) is 42.4. The van der Waals surface area contributed by atoms with Crippen LogP contribution in [0, 0.1) is 5.92 Å². The van der Waals surface area contributed by atoms with Crippen LogP contribution in [0.15, 0.2) is 42.5 Å². The average molecular weight is 372 g/mol. The highest BCUT2D eigenvalue weighted by Crippen LogP contribution is 2.46. The maximum Gasteiger partial charge on any atom is 0.190 e. The van der Waals surface area contributed by atoms with Crippen LogP contribution < -0.4 is 0 Å². The number of fused-ring (bicyclic) bond motifs is 5. The van der Waals surface area contributed by atoms with E-state index in [-0.39, 0.29) is 42.7 Å². The lowest BCUT2D eigenvalue weighted by molar-refractivity contribution is -0.260. The van der Waals surface area contributed by atoms with Gasteiger partial charge in [-0.25, -0.2) is 0 Å². The van der Waals surface area contributed by atoms with Crippen molar-refractivity contribution in [3.63, 3.8) is 0 Å².